The number of benzene rings is 2. The summed E-state index contributed by atoms with van der Waals surface area (Å²) in [6.45, 7) is 8.26. The molecule has 2 aliphatic heterocycles. The zero-order valence-electron chi connectivity index (χ0n) is 21.5. The van der Waals surface area contributed by atoms with Gasteiger partial charge in [-0.15, -0.1) is 0 Å². The number of amidine groups is 1. The van der Waals surface area contributed by atoms with Crippen molar-refractivity contribution in [3.05, 3.63) is 95.4 Å². The van der Waals surface area contributed by atoms with Gasteiger partial charge < -0.3 is 19.7 Å². The molecule has 1 fully saturated rings. The van der Waals surface area contributed by atoms with E-state index in [0.29, 0.717) is 6.61 Å². The van der Waals surface area contributed by atoms with Gasteiger partial charge >= 0.3 is 6.09 Å². The average molecular weight is 486 g/mol. The Labute approximate surface area is 213 Å². The van der Waals surface area contributed by atoms with Crippen LogP contribution in [0.1, 0.15) is 75.7 Å². The van der Waals surface area contributed by atoms with Crippen molar-refractivity contribution in [3.63, 3.8) is 0 Å². The van der Waals surface area contributed by atoms with Gasteiger partial charge in [-0.05, 0) is 69.7 Å². The fourth-order valence-corrected chi connectivity index (χ4v) is 5.21. The maximum absolute atomic E-state index is 12.6. The molecule has 2 heterocycles. The van der Waals surface area contributed by atoms with E-state index >= 15 is 0 Å². The minimum atomic E-state index is -0.524. The number of amides is 1. The van der Waals surface area contributed by atoms with E-state index in [4.69, 9.17) is 14.5 Å². The van der Waals surface area contributed by atoms with E-state index in [1.165, 1.54) is 5.56 Å². The first-order chi connectivity index (χ1) is 17.3. The van der Waals surface area contributed by atoms with Crippen molar-refractivity contribution < 1.29 is 14.3 Å². The summed E-state index contributed by atoms with van der Waals surface area (Å²) in [6.07, 6.45) is 8.64. The monoisotopic (exact) mass is 485 g/mol. The highest BCUT2D eigenvalue weighted by Gasteiger charge is 2.42. The third-order valence-electron chi connectivity index (χ3n) is 7.01. The quantitative estimate of drug-likeness (QED) is 0.505. The van der Waals surface area contributed by atoms with E-state index in [2.05, 4.69) is 64.9 Å². The molecule has 188 valence electrons. The van der Waals surface area contributed by atoms with Gasteiger partial charge in [0.25, 0.3) is 0 Å². The van der Waals surface area contributed by atoms with Crippen molar-refractivity contribution in [3.8, 4) is 0 Å². The number of rotatable bonds is 6. The number of alkyl carbamates (subject to hydrolysis) is 1. The van der Waals surface area contributed by atoms with Crippen LogP contribution in [-0.2, 0) is 15.0 Å². The van der Waals surface area contributed by atoms with E-state index in [1.807, 2.05) is 45.9 Å². The topological polar surface area (TPSA) is 63.2 Å². The number of aliphatic imine (C=N–C) groups is 1. The van der Waals surface area contributed by atoms with Crippen molar-refractivity contribution in [2.75, 3.05) is 6.61 Å². The first-order valence-corrected chi connectivity index (χ1v) is 12.8. The van der Waals surface area contributed by atoms with Crippen LogP contribution in [-0.4, -0.2) is 29.0 Å². The van der Waals surface area contributed by atoms with Gasteiger partial charge in [0.2, 0.25) is 0 Å². The Bertz CT molecular complexity index is 1190. The Morgan fingerprint density at radius 1 is 1.08 bits per heavy atom. The molecule has 6 heteroatoms. The summed E-state index contributed by atoms with van der Waals surface area (Å²) in [5.41, 5.74) is 2.58. The molecule has 2 aromatic carbocycles. The second kappa shape index (κ2) is 9.49. The van der Waals surface area contributed by atoms with Gasteiger partial charge in [0.15, 0.2) is 0 Å². The minimum absolute atomic E-state index is 0.0558. The molecular weight excluding hydrogens is 450 g/mol. The summed E-state index contributed by atoms with van der Waals surface area (Å²) < 4.78 is 11.3. The molecule has 2 atom stereocenters. The average Bonchev–Trinajstić information content (AvgIpc) is 3.20. The minimum Gasteiger partial charge on any atom is -0.494 e. The number of hydrogen-bond donors (Lipinski definition) is 1. The number of hydrogen-bond acceptors (Lipinski definition) is 5. The predicted molar refractivity (Wildman–Crippen MR) is 141 cm³/mol. The van der Waals surface area contributed by atoms with E-state index in [0.717, 1.165) is 42.0 Å². The summed E-state index contributed by atoms with van der Waals surface area (Å²) in [4.78, 5) is 19.9. The van der Waals surface area contributed by atoms with Crippen molar-refractivity contribution in [1.82, 2.24) is 10.2 Å². The fourth-order valence-electron chi connectivity index (χ4n) is 5.21. The standard InChI is InChI=1S/C30H35N3O3/c1-5-35-24-16-19-33-25(20-24)31-26(27(33)22-10-7-6-8-11-22)21-12-14-23(15-13-21)30(17-9-18-30)32-28(34)36-29(2,3)4/h6-8,10-16,19-20,26-27H,5,9,17-18H2,1-4H3,(H,32,34). The van der Waals surface area contributed by atoms with E-state index < -0.39 is 5.60 Å². The lowest BCUT2D eigenvalue weighted by Crippen LogP contribution is -2.52. The highest BCUT2D eigenvalue weighted by molar-refractivity contribution is 5.97. The summed E-state index contributed by atoms with van der Waals surface area (Å²) in [6, 6.07) is 19.1. The zero-order valence-corrected chi connectivity index (χ0v) is 21.5. The predicted octanol–water partition coefficient (Wildman–Crippen LogP) is 6.53. The van der Waals surface area contributed by atoms with Crippen LogP contribution in [0.5, 0.6) is 0 Å². The lowest BCUT2D eigenvalue weighted by molar-refractivity contribution is 0.0377. The third kappa shape index (κ3) is 4.77. The van der Waals surface area contributed by atoms with E-state index in [-0.39, 0.29) is 23.7 Å². The molecule has 1 amide bonds. The number of nitrogens with zero attached hydrogens (tertiary/aromatic N) is 2. The summed E-state index contributed by atoms with van der Waals surface area (Å²) in [7, 11) is 0. The highest BCUT2D eigenvalue weighted by atomic mass is 16.6. The fraction of sp³-hybridized carbons (Fsp3) is 0.400. The van der Waals surface area contributed by atoms with Crippen LogP contribution >= 0.6 is 0 Å². The smallest absolute Gasteiger partial charge is 0.408 e. The number of fused-ring (bicyclic) bond motifs is 1. The van der Waals surface area contributed by atoms with Crippen LogP contribution in [0.15, 0.2) is 83.7 Å². The first kappa shape index (κ1) is 24.2. The van der Waals surface area contributed by atoms with Gasteiger partial charge in [-0.3, -0.25) is 4.99 Å². The van der Waals surface area contributed by atoms with Gasteiger partial charge in [0.05, 0.1) is 18.2 Å². The van der Waals surface area contributed by atoms with Crippen molar-refractivity contribution >= 4 is 11.9 Å². The number of nitrogens with one attached hydrogen (secondary N) is 1. The molecule has 0 spiro atoms. The van der Waals surface area contributed by atoms with Crippen molar-refractivity contribution in [2.24, 2.45) is 4.99 Å². The molecule has 3 aliphatic rings. The molecule has 1 saturated carbocycles. The Kier molecular flexibility index (Phi) is 6.37. The van der Waals surface area contributed by atoms with Crippen LogP contribution in [0.25, 0.3) is 0 Å². The summed E-state index contributed by atoms with van der Waals surface area (Å²) in [5, 5.41) is 3.16. The highest BCUT2D eigenvalue weighted by Crippen LogP contribution is 2.45. The lowest BCUT2D eigenvalue weighted by Gasteiger charge is -2.43. The second-order valence-electron chi connectivity index (χ2n) is 10.7. The molecule has 1 N–H and O–H groups in total. The molecule has 0 saturated heterocycles. The molecule has 1 aliphatic carbocycles. The van der Waals surface area contributed by atoms with E-state index in [1.54, 1.807) is 0 Å². The van der Waals surface area contributed by atoms with Gasteiger partial charge in [0, 0.05) is 12.3 Å². The number of carbonyl (C=O) groups excluding carboxylic acids is 1. The Hall–Kier alpha value is -3.54. The molecule has 36 heavy (non-hydrogen) atoms. The Balaban J connectivity index is 1.43. The van der Waals surface area contributed by atoms with Crippen LogP contribution in [0.4, 0.5) is 4.79 Å². The zero-order chi connectivity index (χ0) is 25.3. The van der Waals surface area contributed by atoms with Crippen molar-refractivity contribution in [2.45, 2.75) is 70.2 Å². The third-order valence-corrected chi connectivity index (χ3v) is 7.01. The first-order valence-electron chi connectivity index (χ1n) is 12.8. The summed E-state index contributed by atoms with van der Waals surface area (Å²) >= 11 is 0. The van der Waals surface area contributed by atoms with Crippen molar-refractivity contribution in [1.29, 1.82) is 0 Å². The maximum Gasteiger partial charge on any atom is 0.408 e. The van der Waals surface area contributed by atoms with Gasteiger partial charge in [-0.2, -0.15) is 0 Å². The molecule has 5 rings (SSSR count). The molecular formula is C30H35N3O3. The molecule has 0 aromatic heterocycles. The molecule has 2 unspecified atom stereocenters. The van der Waals surface area contributed by atoms with Gasteiger partial charge in [-0.1, -0.05) is 54.6 Å². The van der Waals surface area contributed by atoms with Crippen LogP contribution in [0.3, 0.4) is 0 Å². The van der Waals surface area contributed by atoms with Crippen LogP contribution < -0.4 is 5.32 Å². The normalized spacial score (nSPS) is 22.2. The molecule has 6 nitrogen and oxygen atoms in total. The summed E-state index contributed by atoms with van der Waals surface area (Å²) in [5.74, 6) is 1.74. The van der Waals surface area contributed by atoms with E-state index in [9.17, 15) is 4.79 Å². The Morgan fingerprint density at radius 2 is 1.81 bits per heavy atom. The van der Waals surface area contributed by atoms with Crippen LogP contribution in [0, 0.1) is 0 Å². The van der Waals surface area contributed by atoms with Gasteiger partial charge in [-0.25, -0.2) is 4.79 Å². The second-order valence-corrected chi connectivity index (χ2v) is 10.7. The SMILES string of the molecule is CCOC1=CC2=NC(c3ccc(C4(NC(=O)OC(C)(C)C)CCC4)cc3)C(c3ccccc3)N2C=C1. The molecule has 0 bridgehead atoms. The largest absolute Gasteiger partial charge is 0.494 e. The number of carbonyl (C=O) groups is 1. The number of allylic oxidation sites excluding steroid dienone is 1. The molecule has 0 radical (unpaired) electrons. The number of ether oxygens (including phenoxy) is 2. The lowest BCUT2D eigenvalue weighted by atomic mass is 9.71. The van der Waals surface area contributed by atoms with Gasteiger partial charge in [0.1, 0.15) is 23.2 Å². The maximum atomic E-state index is 12.6. The Morgan fingerprint density at radius 3 is 2.42 bits per heavy atom. The molecule has 2 aromatic rings. The van der Waals surface area contributed by atoms with Crippen LogP contribution in [0.2, 0.25) is 0 Å².